The van der Waals surface area contributed by atoms with Crippen molar-refractivity contribution >= 4 is 57.7 Å². The van der Waals surface area contributed by atoms with Crippen molar-refractivity contribution in [2.24, 2.45) is 11.1 Å². The summed E-state index contributed by atoms with van der Waals surface area (Å²) in [5.41, 5.74) is 5.74. The minimum Gasteiger partial charge on any atom is -0.428 e. The second-order valence-corrected chi connectivity index (χ2v) is 10.2. The van der Waals surface area contributed by atoms with Crippen LogP contribution in [0.2, 0.25) is 0 Å². The first-order valence-corrected chi connectivity index (χ1v) is 12.1. The monoisotopic (exact) mass is 511 g/mol. The van der Waals surface area contributed by atoms with Gasteiger partial charge in [0.15, 0.2) is 10.8 Å². The third-order valence-electron chi connectivity index (χ3n) is 4.97. The zero-order valence-corrected chi connectivity index (χ0v) is 20.7. The number of nitrogens with one attached hydrogen (secondary N) is 1. The molecule has 2 aliphatic heterocycles. The molecule has 2 atom stereocenters. The van der Waals surface area contributed by atoms with Gasteiger partial charge in [-0.1, -0.05) is 19.0 Å². The summed E-state index contributed by atoms with van der Waals surface area (Å²) in [6.45, 7) is 4.89. The Labute approximate surface area is 203 Å². The molecular formula is C20H25N5O7S2. The Balaban J connectivity index is 1.65. The Kier molecular flexibility index (Phi) is 7.82. The number of nitrogen functional groups attached to an aromatic ring is 1. The van der Waals surface area contributed by atoms with Crippen molar-refractivity contribution in [3.63, 3.8) is 0 Å². The van der Waals surface area contributed by atoms with E-state index >= 15 is 0 Å². The minimum atomic E-state index is -0.941. The Hall–Kier alpha value is -3.13. The molecule has 3 rings (SSSR count). The molecule has 1 saturated heterocycles. The van der Waals surface area contributed by atoms with E-state index in [0.29, 0.717) is 5.75 Å². The maximum Gasteiger partial charge on any atom is 0.357 e. The molecule has 0 aliphatic carbocycles. The van der Waals surface area contributed by atoms with Crippen LogP contribution < -0.4 is 11.1 Å². The summed E-state index contributed by atoms with van der Waals surface area (Å²) < 4.78 is 9.93. The number of amides is 2. The topological polar surface area (TPSA) is 163 Å². The summed E-state index contributed by atoms with van der Waals surface area (Å²) in [7, 11) is 1.28. The van der Waals surface area contributed by atoms with Gasteiger partial charge >= 0.3 is 11.9 Å². The first kappa shape index (κ1) is 25.5. The largest absolute Gasteiger partial charge is 0.428 e. The van der Waals surface area contributed by atoms with Gasteiger partial charge in [-0.25, -0.2) is 9.78 Å². The van der Waals surface area contributed by atoms with Crippen LogP contribution in [-0.2, 0) is 33.5 Å². The van der Waals surface area contributed by atoms with E-state index < -0.39 is 41.5 Å². The number of oxime groups is 1. The third kappa shape index (κ3) is 5.17. The number of hydrogen-bond acceptors (Lipinski definition) is 12. The number of carbonyl (C=O) groups is 4. The Morgan fingerprint density at radius 3 is 2.74 bits per heavy atom. The Morgan fingerprint density at radius 2 is 2.12 bits per heavy atom. The summed E-state index contributed by atoms with van der Waals surface area (Å²) >= 11 is 2.49. The van der Waals surface area contributed by atoms with Gasteiger partial charge in [0.05, 0.1) is 0 Å². The lowest BCUT2D eigenvalue weighted by Crippen LogP contribution is -2.77. The van der Waals surface area contributed by atoms with Gasteiger partial charge in [-0.15, -0.1) is 23.1 Å². The number of thiazole rings is 1. The first-order chi connectivity index (χ1) is 16.1. The molecule has 1 aromatic heterocycles. The molecule has 1 fully saturated rings. The quantitative estimate of drug-likeness (QED) is 0.160. The van der Waals surface area contributed by atoms with Crippen LogP contribution in [0, 0.1) is 5.92 Å². The van der Waals surface area contributed by atoms with Crippen LogP contribution in [0.5, 0.6) is 0 Å². The second-order valence-electron chi connectivity index (χ2n) is 7.89. The first-order valence-electron chi connectivity index (χ1n) is 10.2. The normalized spacial score (nSPS) is 21.9. The summed E-state index contributed by atoms with van der Waals surface area (Å²) in [6.07, 6.45) is 1.75. The SMILES string of the molecule is CO/N=C(\C(=O)N[C@@H]1C(=O)N2C(C(=O)OCOC(=O)CC(C)C)=CCS[C@]12C)c1csc(N)n1. The Morgan fingerprint density at radius 1 is 1.38 bits per heavy atom. The van der Waals surface area contributed by atoms with Gasteiger partial charge in [0, 0.05) is 17.6 Å². The molecule has 2 aliphatic rings. The van der Waals surface area contributed by atoms with Crippen molar-refractivity contribution in [2.75, 3.05) is 25.4 Å². The molecule has 0 bridgehead atoms. The predicted molar refractivity (Wildman–Crippen MR) is 124 cm³/mol. The van der Waals surface area contributed by atoms with Crippen LogP contribution in [0.3, 0.4) is 0 Å². The van der Waals surface area contributed by atoms with Crippen LogP contribution in [0.4, 0.5) is 5.13 Å². The summed E-state index contributed by atoms with van der Waals surface area (Å²) in [6, 6.07) is -0.941. The van der Waals surface area contributed by atoms with Crippen molar-refractivity contribution in [3.8, 4) is 0 Å². The van der Waals surface area contributed by atoms with Gasteiger partial charge in [0.25, 0.3) is 11.8 Å². The molecular weight excluding hydrogens is 486 g/mol. The van der Waals surface area contributed by atoms with Crippen LogP contribution in [-0.4, -0.2) is 69.9 Å². The molecule has 14 heteroatoms. The molecule has 0 unspecified atom stereocenters. The molecule has 0 spiro atoms. The number of β-lactam (4-membered cyclic amide) rings is 1. The maximum absolute atomic E-state index is 12.9. The molecule has 184 valence electrons. The van der Waals surface area contributed by atoms with E-state index in [9.17, 15) is 19.2 Å². The molecule has 12 nitrogen and oxygen atoms in total. The average molecular weight is 512 g/mol. The van der Waals surface area contributed by atoms with Crippen molar-refractivity contribution in [1.82, 2.24) is 15.2 Å². The molecule has 3 heterocycles. The Bertz CT molecular complexity index is 1050. The molecule has 1 aromatic rings. The highest BCUT2D eigenvalue weighted by Crippen LogP contribution is 2.47. The number of rotatable bonds is 9. The van der Waals surface area contributed by atoms with E-state index in [2.05, 4.69) is 15.5 Å². The number of hydrogen-bond donors (Lipinski definition) is 2. The number of thioether (sulfide) groups is 1. The highest BCUT2D eigenvalue weighted by atomic mass is 32.2. The standard InChI is InChI=1S/C20H25N5O7S2/c1-10(2)7-13(26)31-9-32-18(29)12-5-6-34-20(3)15(17(28)25(12)20)23-16(27)14(24-30-4)11-8-33-19(21)22-11/h5,8,10,15H,6-7,9H2,1-4H3,(H2,21,22)(H,23,27)/b24-14-/t15-,20-/m1/s1. The fourth-order valence-electron chi connectivity index (χ4n) is 3.40. The number of nitrogens with zero attached hydrogens (tertiary/aromatic N) is 3. The number of anilines is 1. The summed E-state index contributed by atoms with van der Waals surface area (Å²) in [5, 5.41) is 8.15. The average Bonchev–Trinajstić information content (AvgIpc) is 3.20. The molecule has 0 saturated carbocycles. The number of fused-ring (bicyclic) bond motifs is 1. The molecule has 0 radical (unpaired) electrons. The zero-order valence-electron chi connectivity index (χ0n) is 19.0. The van der Waals surface area contributed by atoms with E-state index in [4.69, 9.17) is 20.0 Å². The van der Waals surface area contributed by atoms with Gasteiger partial charge in [0.1, 0.15) is 29.4 Å². The van der Waals surface area contributed by atoms with Crippen molar-refractivity contribution in [1.29, 1.82) is 0 Å². The molecule has 3 N–H and O–H groups in total. The minimum absolute atomic E-state index is 0.0229. The van der Waals surface area contributed by atoms with Crippen LogP contribution in [0.15, 0.2) is 22.3 Å². The smallest absolute Gasteiger partial charge is 0.357 e. The van der Waals surface area contributed by atoms with Crippen molar-refractivity contribution < 1.29 is 33.5 Å². The van der Waals surface area contributed by atoms with Crippen LogP contribution in [0.25, 0.3) is 0 Å². The maximum atomic E-state index is 12.9. The van der Waals surface area contributed by atoms with Gasteiger partial charge < -0.3 is 25.4 Å². The van der Waals surface area contributed by atoms with Gasteiger partial charge in [0.2, 0.25) is 6.79 Å². The van der Waals surface area contributed by atoms with Crippen molar-refractivity contribution in [3.05, 3.63) is 22.8 Å². The number of esters is 2. The van der Waals surface area contributed by atoms with Crippen LogP contribution in [0.1, 0.15) is 32.9 Å². The fourth-order valence-corrected chi connectivity index (χ4v) is 5.17. The van der Waals surface area contributed by atoms with Crippen molar-refractivity contribution in [2.45, 2.75) is 38.1 Å². The third-order valence-corrected chi connectivity index (χ3v) is 6.98. The van der Waals surface area contributed by atoms with E-state index in [1.165, 1.54) is 23.8 Å². The summed E-state index contributed by atoms with van der Waals surface area (Å²) in [4.78, 5) is 59.1. The van der Waals surface area contributed by atoms with Gasteiger partial charge in [-0.3, -0.25) is 19.3 Å². The van der Waals surface area contributed by atoms with E-state index in [1.54, 1.807) is 18.4 Å². The highest BCUT2D eigenvalue weighted by molar-refractivity contribution is 8.01. The fraction of sp³-hybridized carbons (Fsp3) is 0.500. The lowest BCUT2D eigenvalue weighted by Gasteiger charge is -2.56. The number of aromatic nitrogens is 1. The molecule has 2 amide bonds. The number of nitrogens with two attached hydrogens (primary N) is 1. The lowest BCUT2D eigenvalue weighted by atomic mass is 9.93. The predicted octanol–water partition coefficient (Wildman–Crippen LogP) is 0.840. The van der Waals surface area contributed by atoms with Crippen LogP contribution >= 0.6 is 23.1 Å². The number of ether oxygens (including phenoxy) is 2. The lowest BCUT2D eigenvalue weighted by molar-refractivity contribution is -0.170. The van der Waals surface area contributed by atoms with E-state index in [1.807, 2.05) is 13.8 Å². The molecule has 0 aromatic carbocycles. The van der Waals surface area contributed by atoms with E-state index in [0.717, 1.165) is 11.3 Å². The highest BCUT2D eigenvalue weighted by Gasteiger charge is 2.62. The zero-order chi connectivity index (χ0) is 25.0. The van der Waals surface area contributed by atoms with Gasteiger partial charge in [-0.05, 0) is 18.9 Å². The van der Waals surface area contributed by atoms with Gasteiger partial charge in [-0.2, -0.15) is 0 Å². The molecule has 34 heavy (non-hydrogen) atoms. The number of carbonyl (C=O) groups excluding carboxylic acids is 4. The second kappa shape index (κ2) is 10.4. The van der Waals surface area contributed by atoms with E-state index in [-0.39, 0.29) is 34.6 Å². The summed E-state index contributed by atoms with van der Waals surface area (Å²) in [5.74, 6) is -1.97.